The third kappa shape index (κ3) is 2.63. The van der Waals surface area contributed by atoms with E-state index in [9.17, 15) is 5.11 Å². The molecule has 1 aromatic carbocycles. The second kappa shape index (κ2) is 5.51. The van der Waals surface area contributed by atoms with Gasteiger partial charge < -0.3 is 9.63 Å². The molecule has 2 heterocycles. The van der Waals surface area contributed by atoms with Crippen LogP contribution in [-0.2, 0) is 0 Å². The van der Waals surface area contributed by atoms with E-state index in [4.69, 9.17) is 4.52 Å². The Kier molecular flexibility index (Phi) is 3.40. The van der Waals surface area contributed by atoms with Gasteiger partial charge in [0.2, 0.25) is 0 Å². The molecule has 4 nitrogen and oxygen atoms in total. The van der Waals surface area contributed by atoms with E-state index in [0.717, 1.165) is 5.56 Å². The van der Waals surface area contributed by atoms with E-state index >= 15 is 0 Å². The van der Waals surface area contributed by atoms with Crippen molar-refractivity contribution in [1.82, 2.24) is 10.1 Å². The number of benzene rings is 1. The lowest BCUT2D eigenvalue weighted by Gasteiger charge is -1.96. The summed E-state index contributed by atoms with van der Waals surface area (Å²) in [7, 11) is 0. The van der Waals surface area contributed by atoms with Crippen molar-refractivity contribution in [3.63, 3.8) is 0 Å². The van der Waals surface area contributed by atoms with Crippen LogP contribution in [0.15, 0.2) is 53.2 Å². The van der Waals surface area contributed by atoms with Crippen molar-refractivity contribution >= 4 is 0 Å². The molecule has 0 spiro atoms. The van der Waals surface area contributed by atoms with Gasteiger partial charge in [-0.2, -0.15) is 0 Å². The minimum Gasteiger partial charge on any atom is -0.505 e. The first-order valence-electron chi connectivity index (χ1n) is 6.43. The molecule has 0 amide bonds. The molecule has 0 atom stereocenters. The average Bonchev–Trinajstić information content (AvgIpc) is 2.88. The SMILES string of the molecule is Cc1onc(-c2ccccc2)c1C#Cc1ncccc1O. The quantitative estimate of drug-likeness (QED) is 0.694. The van der Waals surface area contributed by atoms with Crippen LogP contribution in [0.25, 0.3) is 11.3 Å². The fourth-order valence-corrected chi connectivity index (χ4v) is 1.93. The van der Waals surface area contributed by atoms with Crippen molar-refractivity contribution in [2.24, 2.45) is 0 Å². The molecule has 4 heteroatoms. The van der Waals surface area contributed by atoms with Gasteiger partial charge >= 0.3 is 0 Å². The molecule has 0 fully saturated rings. The van der Waals surface area contributed by atoms with Gasteiger partial charge in [-0.1, -0.05) is 41.4 Å². The summed E-state index contributed by atoms with van der Waals surface area (Å²) in [6.07, 6.45) is 1.59. The maximum absolute atomic E-state index is 9.69. The molecule has 0 radical (unpaired) electrons. The zero-order valence-electron chi connectivity index (χ0n) is 11.4. The van der Waals surface area contributed by atoms with E-state index in [2.05, 4.69) is 22.0 Å². The lowest BCUT2D eigenvalue weighted by atomic mass is 10.1. The molecular weight excluding hydrogens is 264 g/mol. The average molecular weight is 276 g/mol. The molecule has 0 saturated carbocycles. The van der Waals surface area contributed by atoms with Gasteiger partial charge in [0.05, 0.1) is 5.56 Å². The van der Waals surface area contributed by atoms with Crippen LogP contribution >= 0.6 is 0 Å². The predicted octanol–water partition coefficient (Wildman–Crippen LogP) is 3.15. The van der Waals surface area contributed by atoms with Crippen LogP contribution in [0.3, 0.4) is 0 Å². The van der Waals surface area contributed by atoms with Crippen molar-refractivity contribution in [2.45, 2.75) is 6.92 Å². The van der Waals surface area contributed by atoms with E-state index in [1.54, 1.807) is 18.3 Å². The molecule has 0 unspecified atom stereocenters. The molecule has 3 rings (SSSR count). The van der Waals surface area contributed by atoms with Crippen molar-refractivity contribution in [3.8, 4) is 28.8 Å². The smallest absolute Gasteiger partial charge is 0.155 e. The molecule has 3 aromatic rings. The summed E-state index contributed by atoms with van der Waals surface area (Å²) in [5.41, 5.74) is 2.66. The van der Waals surface area contributed by atoms with Crippen LogP contribution in [0.2, 0.25) is 0 Å². The second-order valence-electron chi connectivity index (χ2n) is 4.45. The molecule has 0 aliphatic carbocycles. The van der Waals surface area contributed by atoms with Gasteiger partial charge in [0, 0.05) is 11.8 Å². The van der Waals surface area contributed by atoms with Crippen LogP contribution in [-0.4, -0.2) is 15.2 Å². The van der Waals surface area contributed by atoms with Gasteiger partial charge in [0.25, 0.3) is 0 Å². The first kappa shape index (κ1) is 12.9. The fourth-order valence-electron chi connectivity index (χ4n) is 1.93. The summed E-state index contributed by atoms with van der Waals surface area (Å²) in [6.45, 7) is 1.81. The third-order valence-electron chi connectivity index (χ3n) is 3.00. The molecule has 0 saturated heterocycles. The summed E-state index contributed by atoms with van der Waals surface area (Å²) in [6, 6.07) is 12.9. The van der Waals surface area contributed by atoms with Crippen LogP contribution in [0.1, 0.15) is 17.0 Å². The standard InChI is InChI=1S/C17H12N2O2/c1-12-14(9-10-15-16(20)8-5-11-18-15)17(19-21-12)13-6-3-2-4-7-13/h2-8,11,20H,1H3. The Balaban J connectivity index is 2.05. The van der Waals surface area contributed by atoms with Crippen molar-refractivity contribution in [2.75, 3.05) is 0 Å². The van der Waals surface area contributed by atoms with Crippen LogP contribution in [0, 0.1) is 18.8 Å². The van der Waals surface area contributed by atoms with Crippen molar-refractivity contribution < 1.29 is 9.63 Å². The molecule has 0 aliphatic rings. The Morgan fingerprint density at radius 1 is 1.05 bits per heavy atom. The van der Waals surface area contributed by atoms with E-state index in [1.807, 2.05) is 37.3 Å². The molecule has 1 N–H and O–H groups in total. The second-order valence-corrected chi connectivity index (χ2v) is 4.45. The van der Waals surface area contributed by atoms with Crippen LogP contribution < -0.4 is 0 Å². The fraction of sp³-hybridized carbons (Fsp3) is 0.0588. The topological polar surface area (TPSA) is 59.2 Å². The van der Waals surface area contributed by atoms with Crippen molar-refractivity contribution in [3.05, 3.63) is 65.7 Å². The number of rotatable bonds is 1. The first-order chi connectivity index (χ1) is 10.3. The summed E-state index contributed by atoms with van der Waals surface area (Å²) >= 11 is 0. The van der Waals surface area contributed by atoms with Crippen molar-refractivity contribution in [1.29, 1.82) is 0 Å². The number of hydrogen-bond donors (Lipinski definition) is 1. The Hall–Kier alpha value is -3.06. The normalized spacial score (nSPS) is 9.95. The van der Waals surface area contributed by atoms with Gasteiger partial charge in [-0.15, -0.1) is 0 Å². The van der Waals surface area contributed by atoms with Gasteiger partial charge in [-0.3, -0.25) is 0 Å². The lowest BCUT2D eigenvalue weighted by molar-refractivity contribution is 0.399. The highest BCUT2D eigenvalue weighted by Crippen LogP contribution is 2.24. The maximum Gasteiger partial charge on any atom is 0.155 e. The predicted molar refractivity (Wildman–Crippen MR) is 78.6 cm³/mol. The van der Waals surface area contributed by atoms with Gasteiger partial charge in [0.1, 0.15) is 17.2 Å². The highest BCUT2D eigenvalue weighted by molar-refractivity contribution is 5.68. The molecule has 102 valence electrons. The zero-order chi connectivity index (χ0) is 14.7. The summed E-state index contributed by atoms with van der Waals surface area (Å²) < 4.78 is 5.23. The third-order valence-corrected chi connectivity index (χ3v) is 3.00. The van der Waals surface area contributed by atoms with Gasteiger partial charge in [-0.25, -0.2) is 4.98 Å². The number of pyridine rings is 1. The van der Waals surface area contributed by atoms with E-state index in [1.165, 1.54) is 0 Å². The molecule has 2 aromatic heterocycles. The van der Waals surface area contributed by atoms with E-state index in [0.29, 0.717) is 22.7 Å². The Labute approximate surface area is 122 Å². The molecule has 0 aliphatic heterocycles. The number of nitrogens with zero attached hydrogens (tertiary/aromatic N) is 2. The highest BCUT2D eigenvalue weighted by atomic mass is 16.5. The minimum atomic E-state index is 0.0559. The number of hydrogen-bond acceptors (Lipinski definition) is 4. The summed E-state index contributed by atoms with van der Waals surface area (Å²) in [4.78, 5) is 4.04. The summed E-state index contributed by atoms with van der Waals surface area (Å²) in [5, 5.41) is 13.8. The Bertz CT molecular complexity index is 827. The minimum absolute atomic E-state index is 0.0559. The van der Waals surface area contributed by atoms with Crippen LogP contribution in [0.4, 0.5) is 0 Å². The van der Waals surface area contributed by atoms with Crippen LogP contribution in [0.5, 0.6) is 5.75 Å². The molecule has 21 heavy (non-hydrogen) atoms. The zero-order valence-corrected chi connectivity index (χ0v) is 11.4. The Morgan fingerprint density at radius 2 is 1.86 bits per heavy atom. The monoisotopic (exact) mass is 276 g/mol. The van der Waals surface area contributed by atoms with Gasteiger partial charge in [-0.05, 0) is 25.0 Å². The lowest BCUT2D eigenvalue weighted by Crippen LogP contribution is -1.85. The van der Waals surface area contributed by atoms with E-state index < -0.39 is 0 Å². The Morgan fingerprint density at radius 3 is 2.62 bits per heavy atom. The number of aromatic hydroxyl groups is 1. The molecule has 0 bridgehead atoms. The molecular formula is C17H12N2O2. The highest BCUT2D eigenvalue weighted by Gasteiger charge is 2.12. The first-order valence-corrected chi connectivity index (χ1v) is 6.43. The number of aromatic nitrogens is 2. The largest absolute Gasteiger partial charge is 0.505 e. The van der Waals surface area contributed by atoms with E-state index in [-0.39, 0.29) is 5.75 Å². The maximum atomic E-state index is 9.69. The number of aryl methyl sites for hydroxylation is 1. The van der Waals surface area contributed by atoms with Gasteiger partial charge in [0.15, 0.2) is 5.69 Å². The summed E-state index contributed by atoms with van der Waals surface area (Å²) in [5.74, 6) is 6.54.